The summed E-state index contributed by atoms with van der Waals surface area (Å²) in [5.41, 5.74) is 2.34. The van der Waals surface area contributed by atoms with Gasteiger partial charge in [0.25, 0.3) is 5.91 Å². The molecule has 0 heterocycles. The van der Waals surface area contributed by atoms with E-state index in [9.17, 15) is 24.3 Å². The lowest BCUT2D eigenvalue weighted by Crippen LogP contribution is -2.54. The molecule has 0 fully saturated rings. The predicted molar refractivity (Wildman–Crippen MR) is 125 cm³/mol. The molecule has 3 rings (SSSR count). The van der Waals surface area contributed by atoms with Crippen LogP contribution in [0.15, 0.2) is 48.5 Å². The predicted octanol–water partition coefficient (Wildman–Crippen LogP) is 1.80. The Hall–Kier alpha value is -3.92. The van der Waals surface area contributed by atoms with Crippen LogP contribution < -0.4 is 10.6 Å². The number of aliphatic hydroxyl groups is 1. The number of amides is 2. The van der Waals surface area contributed by atoms with Gasteiger partial charge in [-0.05, 0) is 36.1 Å². The summed E-state index contributed by atoms with van der Waals surface area (Å²) in [7, 11) is 0. The zero-order chi connectivity index (χ0) is 25.6. The number of ether oxygens (including phenoxy) is 2. The van der Waals surface area contributed by atoms with Gasteiger partial charge in [-0.25, -0.2) is 9.59 Å². The minimum absolute atomic E-state index is 0.0235. The molecular formula is C25H28N2O8. The normalized spacial score (nSPS) is 14.6. The molecule has 0 aromatic heterocycles. The molecule has 2 unspecified atom stereocenters. The maximum Gasteiger partial charge on any atom is 0.408 e. The van der Waals surface area contributed by atoms with Crippen LogP contribution in [0.2, 0.25) is 0 Å². The average molecular weight is 485 g/mol. The number of alkyl carbamates (subject to hydrolysis) is 1. The molecule has 0 radical (unpaired) electrons. The third-order valence-electron chi connectivity index (χ3n) is 5.57. The highest BCUT2D eigenvalue weighted by Crippen LogP contribution is 2.44. The maximum absolute atomic E-state index is 12.6. The standard InChI is InChI=1S/C25H28N2O8/c1-3-34-23(31)21(22(30)26-14-25(2,33)12-20(28)29)27-24(32)35-13-19-17-10-6-4-8-15(17)16-9-5-7-11-18(16)19/h4-11,19,21,33H,3,12-14H2,1-2H3,(H,26,30)(H,27,32)(H,28,29). The average Bonchev–Trinajstić information content (AvgIpc) is 3.13. The number of fused-ring (bicyclic) bond motifs is 3. The van der Waals surface area contributed by atoms with Crippen molar-refractivity contribution in [3.8, 4) is 11.1 Å². The number of carboxylic acid groups (broad SMARTS) is 1. The van der Waals surface area contributed by atoms with Crippen LogP contribution in [0, 0.1) is 0 Å². The van der Waals surface area contributed by atoms with Crippen molar-refractivity contribution in [1.29, 1.82) is 0 Å². The van der Waals surface area contributed by atoms with Gasteiger partial charge in [0.2, 0.25) is 6.04 Å². The van der Waals surface area contributed by atoms with E-state index >= 15 is 0 Å². The fraction of sp³-hybridized carbons (Fsp3) is 0.360. The van der Waals surface area contributed by atoms with Crippen LogP contribution in [-0.2, 0) is 23.9 Å². The first-order chi connectivity index (χ1) is 16.6. The monoisotopic (exact) mass is 484 g/mol. The van der Waals surface area contributed by atoms with Crippen LogP contribution in [0.5, 0.6) is 0 Å². The Balaban J connectivity index is 1.66. The molecule has 10 heteroatoms. The van der Waals surface area contributed by atoms with Crippen LogP contribution in [0.25, 0.3) is 11.1 Å². The third-order valence-corrected chi connectivity index (χ3v) is 5.57. The van der Waals surface area contributed by atoms with Gasteiger partial charge in [0, 0.05) is 12.5 Å². The van der Waals surface area contributed by atoms with Crippen molar-refractivity contribution >= 4 is 23.9 Å². The highest BCUT2D eigenvalue weighted by molar-refractivity contribution is 6.04. The number of nitrogens with one attached hydrogen (secondary N) is 2. The molecular weight excluding hydrogens is 456 g/mol. The number of hydrogen-bond acceptors (Lipinski definition) is 7. The first-order valence-corrected chi connectivity index (χ1v) is 11.1. The van der Waals surface area contributed by atoms with Crippen LogP contribution in [0.4, 0.5) is 4.79 Å². The van der Waals surface area contributed by atoms with Gasteiger partial charge in [0.15, 0.2) is 0 Å². The van der Waals surface area contributed by atoms with E-state index < -0.39 is 48.5 Å². The highest BCUT2D eigenvalue weighted by Gasteiger charge is 2.34. The van der Waals surface area contributed by atoms with Crippen molar-refractivity contribution in [2.75, 3.05) is 19.8 Å². The van der Waals surface area contributed by atoms with Gasteiger partial charge in [0.05, 0.1) is 18.6 Å². The third kappa shape index (κ3) is 6.36. The van der Waals surface area contributed by atoms with Crippen molar-refractivity contribution in [3.05, 3.63) is 59.7 Å². The van der Waals surface area contributed by atoms with Gasteiger partial charge in [-0.1, -0.05) is 48.5 Å². The molecule has 2 aromatic carbocycles. The number of benzene rings is 2. The Bertz CT molecular complexity index is 1070. The first-order valence-electron chi connectivity index (χ1n) is 11.1. The van der Waals surface area contributed by atoms with Crippen molar-refractivity contribution < 1.29 is 38.9 Å². The summed E-state index contributed by atoms with van der Waals surface area (Å²) in [5.74, 6) is -3.46. The van der Waals surface area contributed by atoms with Gasteiger partial charge >= 0.3 is 18.0 Å². The molecule has 1 aliphatic carbocycles. The second kappa shape index (κ2) is 11.0. The van der Waals surface area contributed by atoms with E-state index in [-0.39, 0.29) is 19.1 Å². The molecule has 0 saturated heterocycles. The lowest BCUT2D eigenvalue weighted by Gasteiger charge is -2.23. The number of hydrogen-bond donors (Lipinski definition) is 4. The van der Waals surface area contributed by atoms with Crippen molar-refractivity contribution in [2.45, 2.75) is 37.8 Å². The van der Waals surface area contributed by atoms with Crippen LogP contribution >= 0.6 is 0 Å². The number of aliphatic carboxylic acids is 1. The fourth-order valence-electron chi connectivity index (χ4n) is 3.98. The quantitative estimate of drug-likeness (QED) is 0.294. The van der Waals surface area contributed by atoms with Crippen molar-refractivity contribution in [3.63, 3.8) is 0 Å². The number of rotatable bonds is 10. The molecule has 2 atom stereocenters. The summed E-state index contributed by atoms with van der Waals surface area (Å²) in [6.45, 7) is 2.24. The second-order valence-electron chi connectivity index (χ2n) is 8.44. The Morgan fingerprint density at radius 3 is 2.11 bits per heavy atom. The Kier molecular flexibility index (Phi) is 8.08. The van der Waals surface area contributed by atoms with Crippen LogP contribution in [-0.4, -0.2) is 65.6 Å². The zero-order valence-corrected chi connectivity index (χ0v) is 19.4. The molecule has 10 nitrogen and oxygen atoms in total. The summed E-state index contributed by atoms with van der Waals surface area (Å²) < 4.78 is 10.2. The van der Waals surface area contributed by atoms with E-state index in [2.05, 4.69) is 10.6 Å². The van der Waals surface area contributed by atoms with E-state index in [0.717, 1.165) is 22.3 Å². The zero-order valence-electron chi connectivity index (χ0n) is 19.4. The summed E-state index contributed by atoms with van der Waals surface area (Å²) >= 11 is 0. The molecule has 35 heavy (non-hydrogen) atoms. The van der Waals surface area contributed by atoms with E-state index in [1.165, 1.54) is 13.8 Å². The smallest absolute Gasteiger partial charge is 0.408 e. The van der Waals surface area contributed by atoms with Gasteiger partial charge < -0.3 is 25.0 Å². The number of esters is 1. The molecule has 2 aromatic rings. The molecule has 4 N–H and O–H groups in total. The molecule has 0 spiro atoms. The molecule has 186 valence electrons. The Morgan fingerprint density at radius 1 is 1.00 bits per heavy atom. The Labute approximate surface area is 202 Å². The van der Waals surface area contributed by atoms with Gasteiger partial charge in [0.1, 0.15) is 6.61 Å². The summed E-state index contributed by atoms with van der Waals surface area (Å²) in [5, 5.41) is 23.4. The number of carbonyl (C=O) groups is 4. The summed E-state index contributed by atoms with van der Waals surface area (Å²) in [4.78, 5) is 48.3. The lowest BCUT2D eigenvalue weighted by molar-refractivity contribution is -0.150. The van der Waals surface area contributed by atoms with Gasteiger partial charge in [-0.2, -0.15) is 0 Å². The molecule has 1 aliphatic rings. The number of carboxylic acids is 1. The van der Waals surface area contributed by atoms with E-state index in [4.69, 9.17) is 14.6 Å². The van der Waals surface area contributed by atoms with Crippen molar-refractivity contribution in [2.24, 2.45) is 0 Å². The number of carbonyl (C=O) groups excluding carboxylic acids is 3. The fourth-order valence-corrected chi connectivity index (χ4v) is 3.98. The lowest BCUT2D eigenvalue weighted by atomic mass is 9.98. The maximum atomic E-state index is 12.6. The molecule has 2 amide bonds. The molecule has 0 bridgehead atoms. The van der Waals surface area contributed by atoms with Crippen molar-refractivity contribution in [1.82, 2.24) is 10.6 Å². The molecule has 0 saturated carbocycles. The largest absolute Gasteiger partial charge is 0.481 e. The van der Waals surface area contributed by atoms with Crippen LogP contribution in [0.1, 0.15) is 37.3 Å². The van der Waals surface area contributed by atoms with Gasteiger partial charge in [-0.15, -0.1) is 0 Å². The van der Waals surface area contributed by atoms with E-state index in [1.807, 2.05) is 48.5 Å². The van der Waals surface area contributed by atoms with E-state index in [0.29, 0.717) is 0 Å². The Morgan fingerprint density at radius 2 is 1.57 bits per heavy atom. The second-order valence-corrected chi connectivity index (χ2v) is 8.44. The minimum Gasteiger partial charge on any atom is -0.481 e. The van der Waals surface area contributed by atoms with Gasteiger partial charge in [-0.3, -0.25) is 14.9 Å². The van der Waals surface area contributed by atoms with Crippen LogP contribution in [0.3, 0.4) is 0 Å². The summed E-state index contributed by atoms with van der Waals surface area (Å²) in [6, 6.07) is 13.8. The topological polar surface area (TPSA) is 151 Å². The SMILES string of the molecule is CCOC(=O)C(NC(=O)OCC1c2ccccc2-c2ccccc21)C(=O)NCC(C)(O)CC(=O)O. The highest BCUT2D eigenvalue weighted by atomic mass is 16.6. The summed E-state index contributed by atoms with van der Waals surface area (Å²) in [6.07, 6.45) is -1.63. The first kappa shape index (κ1) is 25.7. The van der Waals surface area contributed by atoms with E-state index in [1.54, 1.807) is 0 Å². The minimum atomic E-state index is -1.76. The molecule has 0 aliphatic heterocycles.